The van der Waals surface area contributed by atoms with Gasteiger partial charge in [-0.2, -0.15) is 0 Å². The lowest BCUT2D eigenvalue weighted by atomic mass is 9.98. The minimum atomic E-state index is 0.636. The Balaban J connectivity index is 1.74. The molecule has 1 N–H and O–H groups in total. The van der Waals surface area contributed by atoms with E-state index in [1.165, 1.54) is 38.5 Å². The lowest BCUT2D eigenvalue weighted by molar-refractivity contribution is 0.316. The predicted molar refractivity (Wildman–Crippen MR) is 61.4 cm³/mol. The maximum atomic E-state index is 3.84. The van der Waals surface area contributed by atoms with Gasteiger partial charge in [-0.3, -0.25) is 0 Å². The minimum absolute atomic E-state index is 0.636. The summed E-state index contributed by atoms with van der Waals surface area (Å²) in [5, 5.41) is 3.84. The summed E-state index contributed by atoms with van der Waals surface area (Å²) in [5.41, 5.74) is 0.636. The van der Waals surface area contributed by atoms with Crippen molar-refractivity contribution in [2.75, 3.05) is 0 Å². The third-order valence-electron chi connectivity index (χ3n) is 4.38. The number of nitrogens with one attached hydrogen (secondary N) is 1. The van der Waals surface area contributed by atoms with Crippen molar-refractivity contribution in [2.24, 2.45) is 11.3 Å². The van der Waals surface area contributed by atoms with Crippen LogP contribution in [0.5, 0.6) is 0 Å². The summed E-state index contributed by atoms with van der Waals surface area (Å²) < 4.78 is 0. The van der Waals surface area contributed by atoms with Crippen LogP contribution in [0.4, 0.5) is 0 Å². The largest absolute Gasteiger partial charge is 0.311 e. The van der Waals surface area contributed by atoms with Crippen LogP contribution in [0.25, 0.3) is 0 Å². The van der Waals surface area contributed by atoms with Crippen LogP contribution in [0, 0.1) is 11.3 Å². The molecule has 0 saturated heterocycles. The normalized spacial score (nSPS) is 28.5. The molecule has 0 spiro atoms. The molecule has 0 radical (unpaired) electrons. The van der Waals surface area contributed by atoms with Gasteiger partial charge in [0.2, 0.25) is 0 Å². The van der Waals surface area contributed by atoms with Gasteiger partial charge in [0.15, 0.2) is 0 Å². The molecule has 2 atom stereocenters. The van der Waals surface area contributed by atoms with Crippen LogP contribution in [0.2, 0.25) is 0 Å². The molecule has 2 unspecified atom stereocenters. The van der Waals surface area contributed by atoms with E-state index in [0.717, 1.165) is 18.0 Å². The van der Waals surface area contributed by atoms with Crippen LogP contribution >= 0.6 is 0 Å². The zero-order valence-electron chi connectivity index (χ0n) is 9.97. The second-order valence-corrected chi connectivity index (χ2v) is 5.83. The second-order valence-electron chi connectivity index (χ2n) is 5.83. The summed E-state index contributed by atoms with van der Waals surface area (Å²) in [4.78, 5) is 0. The predicted octanol–water partition coefficient (Wildman–Crippen LogP) is 3.34. The summed E-state index contributed by atoms with van der Waals surface area (Å²) in [6.07, 6.45) is 8.57. The average molecular weight is 195 g/mol. The lowest BCUT2D eigenvalue weighted by Gasteiger charge is -2.26. The molecule has 0 aromatic rings. The van der Waals surface area contributed by atoms with E-state index in [2.05, 4.69) is 26.1 Å². The molecule has 0 aromatic heterocycles. The van der Waals surface area contributed by atoms with Crippen molar-refractivity contribution in [1.82, 2.24) is 5.32 Å². The highest BCUT2D eigenvalue weighted by molar-refractivity contribution is 4.97. The molecule has 0 aliphatic heterocycles. The first-order valence-corrected chi connectivity index (χ1v) is 6.40. The van der Waals surface area contributed by atoms with E-state index in [4.69, 9.17) is 0 Å². The van der Waals surface area contributed by atoms with E-state index in [0.29, 0.717) is 5.41 Å². The molecule has 0 bridgehead atoms. The first-order chi connectivity index (χ1) is 6.64. The Morgan fingerprint density at radius 1 is 1.36 bits per heavy atom. The van der Waals surface area contributed by atoms with Crippen molar-refractivity contribution in [2.45, 2.75) is 71.4 Å². The molecule has 2 aliphatic rings. The molecule has 2 aliphatic carbocycles. The first-order valence-electron chi connectivity index (χ1n) is 6.40. The van der Waals surface area contributed by atoms with Crippen LogP contribution in [0.3, 0.4) is 0 Å². The molecule has 2 rings (SSSR count). The van der Waals surface area contributed by atoms with Crippen LogP contribution in [-0.2, 0) is 0 Å². The number of hydrogen-bond donors (Lipinski definition) is 1. The van der Waals surface area contributed by atoms with Crippen LogP contribution in [-0.4, -0.2) is 12.1 Å². The highest BCUT2D eigenvalue weighted by atomic mass is 15.0. The van der Waals surface area contributed by atoms with Gasteiger partial charge in [0.25, 0.3) is 0 Å². The van der Waals surface area contributed by atoms with E-state index in [1.54, 1.807) is 0 Å². The molecule has 2 fully saturated rings. The van der Waals surface area contributed by atoms with E-state index >= 15 is 0 Å². The molecule has 0 amide bonds. The molecular weight excluding hydrogens is 170 g/mol. The van der Waals surface area contributed by atoms with E-state index in [1.807, 2.05) is 0 Å². The average Bonchev–Trinajstić information content (AvgIpc) is 3.02. The quantitative estimate of drug-likeness (QED) is 0.685. The summed E-state index contributed by atoms with van der Waals surface area (Å²) in [6.45, 7) is 7.12. The Morgan fingerprint density at radius 3 is 2.43 bits per heavy atom. The van der Waals surface area contributed by atoms with Gasteiger partial charge in [-0.1, -0.05) is 26.7 Å². The molecule has 1 heteroatoms. The molecule has 82 valence electrons. The minimum Gasteiger partial charge on any atom is -0.311 e. The van der Waals surface area contributed by atoms with Crippen molar-refractivity contribution in [3.8, 4) is 0 Å². The Hall–Kier alpha value is -0.0400. The van der Waals surface area contributed by atoms with E-state index < -0.39 is 0 Å². The van der Waals surface area contributed by atoms with Crippen molar-refractivity contribution in [1.29, 1.82) is 0 Å². The van der Waals surface area contributed by atoms with Gasteiger partial charge < -0.3 is 5.32 Å². The highest BCUT2D eigenvalue weighted by Crippen LogP contribution is 2.48. The molecular formula is C13H25N. The lowest BCUT2D eigenvalue weighted by Crippen LogP contribution is -2.41. The topological polar surface area (TPSA) is 12.0 Å². The van der Waals surface area contributed by atoms with Crippen molar-refractivity contribution < 1.29 is 0 Å². The standard InChI is InChI=1S/C13H25N/c1-4-12(9-11-5-6-11)14-10(2)13(3)7-8-13/h10-12,14H,4-9H2,1-3H3. The fourth-order valence-electron chi connectivity index (χ4n) is 2.29. The van der Waals surface area contributed by atoms with Crippen LogP contribution < -0.4 is 5.32 Å². The van der Waals surface area contributed by atoms with E-state index in [-0.39, 0.29) is 0 Å². The Kier molecular flexibility index (Phi) is 2.88. The fourth-order valence-corrected chi connectivity index (χ4v) is 2.29. The van der Waals surface area contributed by atoms with Gasteiger partial charge in [-0.15, -0.1) is 0 Å². The second kappa shape index (κ2) is 3.84. The molecule has 0 aromatic carbocycles. The van der Waals surface area contributed by atoms with Crippen LogP contribution in [0.1, 0.15) is 59.3 Å². The summed E-state index contributed by atoms with van der Waals surface area (Å²) in [6, 6.07) is 1.51. The maximum Gasteiger partial charge on any atom is 0.00951 e. The SMILES string of the molecule is CCC(CC1CC1)NC(C)C1(C)CC1. The monoisotopic (exact) mass is 195 g/mol. The summed E-state index contributed by atoms with van der Waals surface area (Å²) >= 11 is 0. The molecule has 1 nitrogen and oxygen atoms in total. The number of rotatable bonds is 6. The zero-order chi connectivity index (χ0) is 10.2. The Morgan fingerprint density at radius 2 is 2.00 bits per heavy atom. The van der Waals surface area contributed by atoms with Crippen LogP contribution in [0.15, 0.2) is 0 Å². The first kappa shape index (κ1) is 10.5. The summed E-state index contributed by atoms with van der Waals surface area (Å²) in [7, 11) is 0. The van der Waals surface area contributed by atoms with Gasteiger partial charge in [-0.25, -0.2) is 0 Å². The van der Waals surface area contributed by atoms with Crippen molar-refractivity contribution >= 4 is 0 Å². The van der Waals surface area contributed by atoms with Gasteiger partial charge in [0.1, 0.15) is 0 Å². The molecule has 2 saturated carbocycles. The Labute approximate surface area is 88.7 Å². The van der Waals surface area contributed by atoms with Crippen molar-refractivity contribution in [3.05, 3.63) is 0 Å². The fraction of sp³-hybridized carbons (Fsp3) is 1.00. The third kappa shape index (κ3) is 2.50. The van der Waals surface area contributed by atoms with Gasteiger partial charge in [0.05, 0.1) is 0 Å². The van der Waals surface area contributed by atoms with Crippen molar-refractivity contribution in [3.63, 3.8) is 0 Å². The molecule has 14 heavy (non-hydrogen) atoms. The smallest absolute Gasteiger partial charge is 0.00951 e. The highest BCUT2D eigenvalue weighted by Gasteiger charge is 2.43. The van der Waals surface area contributed by atoms with Gasteiger partial charge in [0, 0.05) is 12.1 Å². The third-order valence-corrected chi connectivity index (χ3v) is 4.38. The number of hydrogen-bond acceptors (Lipinski definition) is 1. The van der Waals surface area contributed by atoms with E-state index in [9.17, 15) is 0 Å². The zero-order valence-corrected chi connectivity index (χ0v) is 9.97. The van der Waals surface area contributed by atoms with Gasteiger partial charge >= 0.3 is 0 Å². The molecule has 0 heterocycles. The Bertz CT molecular complexity index is 191. The summed E-state index contributed by atoms with van der Waals surface area (Å²) in [5.74, 6) is 1.06. The van der Waals surface area contributed by atoms with Gasteiger partial charge in [-0.05, 0) is 43.9 Å². The maximum absolute atomic E-state index is 3.84.